The van der Waals surface area contributed by atoms with Crippen LogP contribution in [0.5, 0.6) is 0 Å². The Morgan fingerprint density at radius 2 is 1.95 bits per heavy atom. The van der Waals surface area contributed by atoms with Gasteiger partial charge >= 0.3 is 0 Å². The molecule has 2 rings (SSSR count). The highest BCUT2D eigenvalue weighted by Crippen LogP contribution is 2.19. The second kappa shape index (κ2) is 6.25. The van der Waals surface area contributed by atoms with E-state index in [1.807, 2.05) is 49.1 Å². The molecule has 0 unspecified atom stereocenters. The van der Waals surface area contributed by atoms with Crippen LogP contribution in [0.25, 0.3) is 0 Å². The second-order valence-electron chi connectivity index (χ2n) is 4.03. The highest BCUT2D eigenvalue weighted by molar-refractivity contribution is 7.99. The molecule has 0 saturated heterocycles. The highest BCUT2D eigenvalue weighted by atomic mass is 32.2. The predicted molar refractivity (Wildman–Crippen MR) is 79.0 cm³/mol. The first-order valence-electron chi connectivity index (χ1n) is 5.78. The maximum absolute atomic E-state index is 12.1. The summed E-state index contributed by atoms with van der Waals surface area (Å²) in [6, 6.07) is 7.68. The van der Waals surface area contributed by atoms with Crippen LogP contribution < -0.4 is 0 Å². The van der Waals surface area contributed by atoms with Gasteiger partial charge < -0.3 is 4.57 Å². The SMILES string of the molecule is CSc1ccc(C(=O)CSc2nnc(C)n2C)cc1. The molecule has 0 radical (unpaired) electrons. The van der Waals surface area contributed by atoms with Crippen LogP contribution in [-0.2, 0) is 7.05 Å². The average Bonchev–Trinajstić information content (AvgIpc) is 2.76. The lowest BCUT2D eigenvalue weighted by Crippen LogP contribution is -2.03. The molecule has 2 aromatic rings. The van der Waals surface area contributed by atoms with Gasteiger partial charge in [0.05, 0.1) is 5.75 Å². The Balaban J connectivity index is 1.99. The van der Waals surface area contributed by atoms with Gasteiger partial charge in [-0.05, 0) is 25.3 Å². The molecule has 0 aliphatic heterocycles. The number of carbonyl (C=O) groups is 1. The van der Waals surface area contributed by atoms with Crippen molar-refractivity contribution in [2.24, 2.45) is 7.05 Å². The number of Topliss-reactive ketones (excluding diaryl/α,β-unsaturated/α-hetero) is 1. The normalized spacial score (nSPS) is 10.7. The molecule has 0 aliphatic rings. The van der Waals surface area contributed by atoms with Gasteiger partial charge in [0, 0.05) is 17.5 Å². The molecule has 1 heterocycles. The highest BCUT2D eigenvalue weighted by Gasteiger charge is 2.10. The first-order chi connectivity index (χ1) is 9.11. The van der Waals surface area contributed by atoms with Gasteiger partial charge in [-0.3, -0.25) is 4.79 Å². The molecule has 0 atom stereocenters. The summed E-state index contributed by atoms with van der Waals surface area (Å²) in [5, 5.41) is 8.77. The van der Waals surface area contributed by atoms with E-state index in [9.17, 15) is 4.79 Å². The van der Waals surface area contributed by atoms with Gasteiger partial charge in [0.2, 0.25) is 0 Å². The molecular formula is C13H15N3OS2. The molecule has 0 amide bonds. The van der Waals surface area contributed by atoms with Gasteiger partial charge in [0.15, 0.2) is 10.9 Å². The van der Waals surface area contributed by atoms with Gasteiger partial charge in [-0.1, -0.05) is 23.9 Å². The van der Waals surface area contributed by atoms with Gasteiger partial charge in [-0.2, -0.15) is 0 Å². The third-order valence-electron chi connectivity index (χ3n) is 2.80. The standard InChI is InChI=1S/C13H15N3OS2/c1-9-14-15-13(16(9)2)19-8-12(17)10-4-6-11(18-3)7-5-10/h4-7H,8H2,1-3H3. The zero-order chi connectivity index (χ0) is 13.8. The Hall–Kier alpha value is -1.27. The van der Waals surface area contributed by atoms with Gasteiger partial charge in [0.1, 0.15) is 5.82 Å². The van der Waals surface area contributed by atoms with Crippen molar-refractivity contribution in [2.45, 2.75) is 17.0 Å². The summed E-state index contributed by atoms with van der Waals surface area (Å²) >= 11 is 3.08. The Bertz CT molecular complexity index is 578. The van der Waals surface area contributed by atoms with Crippen molar-refractivity contribution in [3.63, 3.8) is 0 Å². The van der Waals surface area contributed by atoms with E-state index in [1.54, 1.807) is 11.8 Å². The number of rotatable bonds is 5. The number of aryl methyl sites for hydroxylation is 1. The zero-order valence-electron chi connectivity index (χ0n) is 11.1. The van der Waals surface area contributed by atoms with E-state index < -0.39 is 0 Å². The van der Waals surface area contributed by atoms with Crippen molar-refractivity contribution >= 4 is 29.3 Å². The fraction of sp³-hybridized carbons (Fsp3) is 0.308. The molecule has 0 fully saturated rings. The lowest BCUT2D eigenvalue weighted by Gasteiger charge is -2.02. The molecule has 100 valence electrons. The maximum atomic E-state index is 12.1. The fourth-order valence-electron chi connectivity index (χ4n) is 1.50. The molecule has 0 aliphatic carbocycles. The van der Waals surface area contributed by atoms with Crippen LogP contribution in [0, 0.1) is 6.92 Å². The summed E-state index contributed by atoms with van der Waals surface area (Å²) in [4.78, 5) is 13.2. The molecule has 0 saturated carbocycles. The topological polar surface area (TPSA) is 47.8 Å². The number of aromatic nitrogens is 3. The van der Waals surface area contributed by atoms with Crippen molar-refractivity contribution in [1.29, 1.82) is 0 Å². The number of benzene rings is 1. The molecular weight excluding hydrogens is 278 g/mol. The Kier molecular flexibility index (Phi) is 4.66. The third kappa shape index (κ3) is 3.39. The molecule has 19 heavy (non-hydrogen) atoms. The number of thioether (sulfide) groups is 2. The summed E-state index contributed by atoms with van der Waals surface area (Å²) in [7, 11) is 1.90. The van der Waals surface area contributed by atoms with Crippen molar-refractivity contribution in [2.75, 3.05) is 12.0 Å². The molecule has 6 heteroatoms. The summed E-state index contributed by atoms with van der Waals surface area (Å²) in [5.74, 6) is 1.34. The lowest BCUT2D eigenvalue weighted by atomic mass is 10.1. The van der Waals surface area contributed by atoms with Crippen LogP contribution in [0.1, 0.15) is 16.2 Å². The van der Waals surface area contributed by atoms with Crippen LogP contribution in [0.15, 0.2) is 34.3 Å². The van der Waals surface area contributed by atoms with Gasteiger partial charge in [-0.25, -0.2) is 0 Å². The molecule has 0 bridgehead atoms. The first kappa shape index (κ1) is 14.1. The van der Waals surface area contributed by atoms with Gasteiger partial charge in [-0.15, -0.1) is 22.0 Å². The monoisotopic (exact) mass is 293 g/mol. The first-order valence-corrected chi connectivity index (χ1v) is 7.99. The Morgan fingerprint density at radius 1 is 1.26 bits per heavy atom. The van der Waals surface area contributed by atoms with E-state index in [-0.39, 0.29) is 5.78 Å². The van der Waals surface area contributed by atoms with E-state index >= 15 is 0 Å². The number of hydrogen-bond acceptors (Lipinski definition) is 5. The summed E-state index contributed by atoms with van der Waals surface area (Å²) < 4.78 is 1.88. The zero-order valence-corrected chi connectivity index (χ0v) is 12.7. The van der Waals surface area contributed by atoms with E-state index in [4.69, 9.17) is 0 Å². The lowest BCUT2D eigenvalue weighted by molar-refractivity contribution is 0.102. The Morgan fingerprint density at radius 3 is 2.47 bits per heavy atom. The molecule has 0 spiro atoms. The Labute approximate surface area is 121 Å². The van der Waals surface area contributed by atoms with Crippen molar-refractivity contribution < 1.29 is 4.79 Å². The number of hydrogen-bond donors (Lipinski definition) is 0. The van der Waals surface area contributed by atoms with E-state index in [2.05, 4.69) is 10.2 Å². The minimum atomic E-state index is 0.110. The quantitative estimate of drug-likeness (QED) is 0.626. The predicted octanol–water partition coefficient (Wildman–Crippen LogP) is 2.82. The van der Waals surface area contributed by atoms with Crippen LogP contribution >= 0.6 is 23.5 Å². The van der Waals surface area contributed by atoms with E-state index in [0.717, 1.165) is 21.4 Å². The van der Waals surface area contributed by atoms with E-state index in [0.29, 0.717) is 5.75 Å². The minimum absolute atomic E-state index is 0.110. The van der Waals surface area contributed by atoms with Gasteiger partial charge in [0.25, 0.3) is 0 Å². The number of nitrogens with zero attached hydrogens (tertiary/aromatic N) is 3. The molecule has 0 N–H and O–H groups in total. The molecule has 4 nitrogen and oxygen atoms in total. The minimum Gasteiger partial charge on any atom is -0.309 e. The number of ketones is 1. The van der Waals surface area contributed by atoms with Crippen molar-refractivity contribution in [3.8, 4) is 0 Å². The van der Waals surface area contributed by atoms with Crippen LogP contribution in [0.4, 0.5) is 0 Å². The maximum Gasteiger partial charge on any atom is 0.191 e. The average molecular weight is 293 g/mol. The van der Waals surface area contributed by atoms with Crippen LogP contribution in [0.3, 0.4) is 0 Å². The van der Waals surface area contributed by atoms with Crippen LogP contribution in [-0.4, -0.2) is 32.6 Å². The number of carbonyl (C=O) groups excluding carboxylic acids is 1. The summed E-state index contributed by atoms with van der Waals surface area (Å²) in [6.45, 7) is 1.89. The van der Waals surface area contributed by atoms with Crippen molar-refractivity contribution in [3.05, 3.63) is 35.7 Å². The summed E-state index contributed by atoms with van der Waals surface area (Å²) in [5.41, 5.74) is 0.740. The summed E-state index contributed by atoms with van der Waals surface area (Å²) in [6.07, 6.45) is 2.02. The largest absolute Gasteiger partial charge is 0.309 e. The third-order valence-corrected chi connectivity index (χ3v) is 4.56. The van der Waals surface area contributed by atoms with Crippen LogP contribution in [0.2, 0.25) is 0 Å². The second-order valence-corrected chi connectivity index (χ2v) is 5.85. The smallest absolute Gasteiger partial charge is 0.191 e. The fourth-order valence-corrected chi connectivity index (χ4v) is 2.76. The van der Waals surface area contributed by atoms with E-state index in [1.165, 1.54) is 11.8 Å². The van der Waals surface area contributed by atoms with Crippen molar-refractivity contribution in [1.82, 2.24) is 14.8 Å². The molecule has 1 aromatic carbocycles. The molecule has 1 aromatic heterocycles.